The van der Waals surface area contributed by atoms with Gasteiger partial charge in [-0.3, -0.25) is 9.79 Å². The van der Waals surface area contributed by atoms with Crippen LogP contribution in [-0.2, 0) is 9.53 Å². The molecule has 0 radical (unpaired) electrons. The van der Waals surface area contributed by atoms with Gasteiger partial charge in [0.1, 0.15) is 0 Å². The van der Waals surface area contributed by atoms with Crippen molar-refractivity contribution in [3.05, 3.63) is 0 Å². The van der Waals surface area contributed by atoms with E-state index in [1.165, 1.54) is 38.5 Å². The van der Waals surface area contributed by atoms with E-state index in [0.717, 1.165) is 12.5 Å². The van der Waals surface area contributed by atoms with Crippen molar-refractivity contribution in [2.75, 3.05) is 32.8 Å². The molecule has 0 aromatic heterocycles. The second-order valence-corrected chi connectivity index (χ2v) is 7.68. The molecule has 0 spiro atoms. The maximum atomic E-state index is 11.8. The Bertz CT molecular complexity index is 397. The molecule has 3 N–H and O–H groups in total. The molecule has 1 aliphatic rings. The van der Waals surface area contributed by atoms with E-state index in [-0.39, 0.29) is 11.3 Å². The SMILES string of the molecule is CCNC(=NCCOC1CCCCCC1)NCCNC(=O)C(C)(C)C. The fraction of sp³-hybridized carbons (Fsp3) is 0.895. The first-order chi connectivity index (χ1) is 11.9. The third kappa shape index (κ3) is 10.3. The van der Waals surface area contributed by atoms with Crippen LogP contribution in [0.1, 0.15) is 66.2 Å². The minimum Gasteiger partial charge on any atom is -0.376 e. The first-order valence-corrected chi connectivity index (χ1v) is 9.85. The Morgan fingerprint density at radius 1 is 1.04 bits per heavy atom. The number of hydrogen-bond donors (Lipinski definition) is 3. The predicted molar refractivity (Wildman–Crippen MR) is 104 cm³/mol. The van der Waals surface area contributed by atoms with E-state index in [4.69, 9.17) is 4.74 Å². The summed E-state index contributed by atoms with van der Waals surface area (Å²) in [6.45, 7) is 11.1. The Kier molecular flexibility index (Phi) is 10.5. The number of nitrogens with one attached hydrogen (secondary N) is 3. The molecule has 0 aromatic rings. The molecule has 6 heteroatoms. The van der Waals surface area contributed by atoms with E-state index in [2.05, 4.69) is 20.9 Å². The molecule has 146 valence electrons. The highest BCUT2D eigenvalue weighted by molar-refractivity contribution is 5.81. The van der Waals surface area contributed by atoms with Crippen molar-refractivity contribution in [2.24, 2.45) is 10.4 Å². The molecule has 0 aliphatic heterocycles. The normalized spacial score (nSPS) is 17.0. The van der Waals surface area contributed by atoms with Crippen LogP contribution < -0.4 is 16.0 Å². The number of carbonyl (C=O) groups excluding carboxylic acids is 1. The van der Waals surface area contributed by atoms with Crippen molar-refractivity contribution in [2.45, 2.75) is 72.3 Å². The minimum atomic E-state index is -0.353. The molecule has 6 nitrogen and oxygen atoms in total. The van der Waals surface area contributed by atoms with Crippen LogP contribution in [0.25, 0.3) is 0 Å². The van der Waals surface area contributed by atoms with Gasteiger partial charge < -0.3 is 20.7 Å². The molecule has 1 amide bonds. The van der Waals surface area contributed by atoms with E-state index in [9.17, 15) is 4.79 Å². The summed E-state index contributed by atoms with van der Waals surface area (Å²) in [7, 11) is 0. The number of ether oxygens (including phenoxy) is 1. The molecule has 1 fully saturated rings. The number of carbonyl (C=O) groups is 1. The van der Waals surface area contributed by atoms with Crippen LogP contribution in [0.2, 0.25) is 0 Å². The number of amides is 1. The fourth-order valence-electron chi connectivity index (χ4n) is 2.75. The van der Waals surface area contributed by atoms with Crippen LogP contribution in [0.15, 0.2) is 4.99 Å². The second kappa shape index (κ2) is 12.1. The Balaban J connectivity index is 2.22. The van der Waals surface area contributed by atoms with Gasteiger partial charge in [-0.2, -0.15) is 0 Å². The van der Waals surface area contributed by atoms with Crippen LogP contribution in [0.3, 0.4) is 0 Å². The van der Waals surface area contributed by atoms with E-state index in [0.29, 0.717) is 32.3 Å². The molecule has 1 aliphatic carbocycles. The lowest BCUT2D eigenvalue weighted by Crippen LogP contribution is -2.43. The van der Waals surface area contributed by atoms with Crippen LogP contribution in [0.5, 0.6) is 0 Å². The number of rotatable bonds is 8. The molecular weight excluding hydrogens is 316 g/mol. The van der Waals surface area contributed by atoms with Gasteiger partial charge >= 0.3 is 0 Å². The van der Waals surface area contributed by atoms with Crippen molar-refractivity contribution in [3.8, 4) is 0 Å². The van der Waals surface area contributed by atoms with Gasteiger partial charge in [0.25, 0.3) is 0 Å². The van der Waals surface area contributed by atoms with Gasteiger partial charge in [0.05, 0.1) is 19.3 Å². The second-order valence-electron chi connectivity index (χ2n) is 7.68. The summed E-state index contributed by atoms with van der Waals surface area (Å²) >= 11 is 0. The van der Waals surface area contributed by atoms with Gasteiger partial charge in [-0.15, -0.1) is 0 Å². The van der Waals surface area contributed by atoms with Gasteiger partial charge in [-0.1, -0.05) is 46.5 Å². The molecule has 1 rings (SSSR count). The van der Waals surface area contributed by atoms with E-state index in [1.54, 1.807) is 0 Å². The quantitative estimate of drug-likeness (QED) is 0.271. The Morgan fingerprint density at radius 2 is 1.68 bits per heavy atom. The van der Waals surface area contributed by atoms with Gasteiger partial charge in [0, 0.05) is 25.0 Å². The molecule has 0 bridgehead atoms. The Morgan fingerprint density at radius 3 is 2.28 bits per heavy atom. The zero-order valence-electron chi connectivity index (χ0n) is 16.6. The van der Waals surface area contributed by atoms with Crippen molar-refractivity contribution in [1.29, 1.82) is 0 Å². The van der Waals surface area contributed by atoms with Crippen molar-refractivity contribution < 1.29 is 9.53 Å². The maximum Gasteiger partial charge on any atom is 0.225 e. The van der Waals surface area contributed by atoms with Gasteiger partial charge in [-0.25, -0.2) is 0 Å². The molecule has 0 unspecified atom stereocenters. The van der Waals surface area contributed by atoms with Crippen LogP contribution in [-0.4, -0.2) is 50.8 Å². The molecular formula is C19H38N4O2. The summed E-state index contributed by atoms with van der Waals surface area (Å²) in [6.07, 6.45) is 8.07. The first-order valence-electron chi connectivity index (χ1n) is 9.85. The lowest BCUT2D eigenvalue weighted by molar-refractivity contribution is -0.128. The molecule has 1 saturated carbocycles. The maximum absolute atomic E-state index is 11.8. The Labute approximate surface area is 153 Å². The first kappa shape index (κ1) is 21.7. The van der Waals surface area contributed by atoms with Gasteiger partial charge in [-0.05, 0) is 19.8 Å². The van der Waals surface area contributed by atoms with Gasteiger partial charge in [0.15, 0.2) is 5.96 Å². The highest BCUT2D eigenvalue weighted by Gasteiger charge is 2.20. The zero-order chi connectivity index (χ0) is 18.5. The summed E-state index contributed by atoms with van der Waals surface area (Å²) in [4.78, 5) is 16.4. The Hall–Kier alpha value is -1.30. The summed E-state index contributed by atoms with van der Waals surface area (Å²) in [5.74, 6) is 0.838. The minimum absolute atomic E-state index is 0.0630. The number of guanidine groups is 1. The number of hydrogen-bond acceptors (Lipinski definition) is 3. The third-order valence-electron chi connectivity index (χ3n) is 4.25. The standard InChI is InChI=1S/C19H38N4O2/c1-5-20-18(22-13-12-21-17(24)19(2,3)4)23-14-15-25-16-10-8-6-7-9-11-16/h16H,5-15H2,1-4H3,(H,21,24)(H2,20,22,23). The summed E-state index contributed by atoms with van der Waals surface area (Å²) in [5, 5.41) is 9.39. The van der Waals surface area contributed by atoms with E-state index >= 15 is 0 Å². The van der Waals surface area contributed by atoms with Crippen LogP contribution in [0.4, 0.5) is 0 Å². The highest BCUT2D eigenvalue weighted by Crippen LogP contribution is 2.19. The molecule has 0 heterocycles. The number of nitrogens with zero attached hydrogens (tertiary/aromatic N) is 1. The van der Waals surface area contributed by atoms with Crippen molar-refractivity contribution in [1.82, 2.24) is 16.0 Å². The molecule has 0 aromatic carbocycles. The van der Waals surface area contributed by atoms with E-state index < -0.39 is 0 Å². The lowest BCUT2D eigenvalue weighted by Gasteiger charge is -2.18. The average Bonchev–Trinajstić information content (AvgIpc) is 2.83. The van der Waals surface area contributed by atoms with Crippen molar-refractivity contribution >= 4 is 11.9 Å². The van der Waals surface area contributed by atoms with Gasteiger partial charge in [0.2, 0.25) is 5.91 Å². The predicted octanol–water partition coefficient (Wildman–Crippen LogP) is 2.44. The lowest BCUT2D eigenvalue weighted by atomic mass is 9.96. The molecule has 0 saturated heterocycles. The highest BCUT2D eigenvalue weighted by atomic mass is 16.5. The smallest absolute Gasteiger partial charge is 0.225 e. The fourth-order valence-corrected chi connectivity index (χ4v) is 2.75. The third-order valence-corrected chi connectivity index (χ3v) is 4.25. The monoisotopic (exact) mass is 354 g/mol. The van der Waals surface area contributed by atoms with Crippen LogP contribution >= 0.6 is 0 Å². The summed E-state index contributed by atoms with van der Waals surface area (Å²) in [6, 6.07) is 0. The average molecular weight is 355 g/mol. The molecule has 0 atom stereocenters. The number of aliphatic imine (C=N–C) groups is 1. The van der Waals surface area contributed by atoms with Crippen molar-refractivity contribution in [3.63, 3.8) is 0 Å². The zero-order valence-corrected chi connectivity index (χ0v) is 16.6. The van der Waals surface area contributed by atoms with Crippen LogP contribution in [0, 0.1) is 5.41 Å². The largest absolute Gasteiger partial charge is 0.376 e. The summed E-state index contributed by atoms with van der Waals surface area (Å²) in [5.41, 5.74) is -0.353. The summed E-state index contributed by atoms with van der Waals surface area (Å²) < 4.78 is 5.97. The molecule has 25 heavy (non-hydrogen) atoms. The topological polar surface area (TPSA) is 74.8 Å². The van der Waals surface area contributed by atoms with E-state index in [1.807, 2.05) is 27.7 Å².